The van der Waals surface area contributed by atoms with Gasteiger partial charge in [-0.1, -0.05) is 90.5 Å². The molecular weight excluding hydrogens is 302 g/mol. The van der Waals surface area contributed by atoms with Gasteiger partial charge in [-0.2, -0.15) is 0 Å². The molecular formula is C21H16ClN. The number of aromatic nitrogens is 1. The summed E-state index contributed by atoms with van der Waals surface area (Å²) in [6.07, 6.45) is 0. The number of hydrogen-bond donors (Lipinski definition) is 0. The number of nitrogens with zero attached hydrogens (tertiary/aromatic N) is 1. The summed E-state index contributed by atoms with van der Waals surface area (Å²) in [5.41, 5.74) is 3.60. The van der Waals surface area contributed by atoms with Crippen LogP contribution in [0.5, 0.6) is 0 Å². The Morgan fingerprint density at radius 1 is 0.652 bits per heavy atom. The van der Waals surface area contributed by atoms with Crippen molar-refractivity contribution in [1.82, 2.24) is 4.57 Å². The Kier molecular flexibility index (Phi) is 3.64. The fraction of sp³-hybridized carbons (Fsp3) is 0.0476. The van der Waals surface area contributed by atoms with Gasteiger partial charge in [-0.05, 0) is 23.3 Å². The zero-order chi connectivity index (χ0) is 15.6. The maximum Gasteiger partial charge on any atom is 0.110 e. The fourth-order valence-corrected chi connectivity index (χ4v) is 3.47. The standard InChI is InChI=1S/C21H16ClN/c22-20-15-18-13-7-8-14-19(18)23(20)21(16-9-3-1-4-10-16)17-11-5-2-6-12-17/h1-15,21H. The minimum atomic E-state index is 0.0600. The summed E-state index contributed by atoms with van der Waals surface area (Å²) in [6, 6.07) is 31.4. The molecule has 1 nitrogen and oxygen atoms in total. The van der Waals surface area contributed by atoms with Crippen LogP contribution in [0.15, 0.2) is 91.0 Å². The van der Waals surface area contributed by atoms with Crippen LogP contribution in [0.2, 0.25) is 5.15 Å². The quantitative estimate of drug-likeness (QED) is 0.441. The summed E-state index contributed by atoms with van der Waals surface area (Å²) < 4.78 is 2.21. The van der Waals surface area contributed by atoms with Crippen molar-refractivity contribution in [1.29, 1.82) is 0 Å². The van der Waals surface area contributed by atoms with E-state index < -0.39 is 0 Å². The number of para-hydroxylation sites is 1. The Bertz CT molecular complexity index is 886. The first-order chi connectivity index (χ1) is 11.3. The van der Waals surface area contributed by atoms with E-state index >= 15 is 0 Å². The number of hydrogen-bond acceptors (Lipinski definition) is 0. The third-order valence-corrected chi connectivity index (χ3v) is 4.48. The molecule has 4 aromatic rings. The topological polar surface area (TPSA) is 4.93 Å². The van der Waals surface area contributed by atoms with Crippen LogP contribution in [0.1, 0.15) is 17.2 Å². The first kappa shape index (κ1) is 14.1. The summed E-state index contributed by atoms with van der Waals surface area (Å²) in [4.78, 5) is 0. The van der Waals surface area contributed by atoms with Crippen LogP contribution in [0.4, 0.5) is 0 Å². The van der Waals surface area contributed by atoms with Gasteiger partial charge in [0, 0.05) is 5.39 Å². The zero-order valence-electron chi connectivity index (χ0n) is 12.6. The largest absolute Gasteiger partial charge is 0.320 e. The summed E-state index contributed by atoms with van der Waals surface area (Å²) in [5, 5.41) is 1.92. The molecule has 3 aromatic carbocycles. The summed E-state index contributed by atoms with van der Waals surface area (Å²) in [7, 11) is 0. The molecule has 0 atom stereocenters. The Morgan fingerprint density at radius 3 is 1.78 bits per heavy atom. The first-order valence-electron chi connectivity index (χ1n) is 7.70. The van der Waals surface area contributed by atoms with Crippen molar-refractivity contribution in [2.45, 2.75) is 6.04 Å². The monoisotopic (exact) mass is 317 g/mol. The van der Waals surface area contributed by atoms with E-state index in [0.29, 0.717) is 0 Å². The van der Waals surface area contributed by atoms with Crippen molar-refractivity contribution < 1.29 is 0 Å². The number of halogens is 1. The molecule has 1 heterocycles. The molecule has 2 heteroatoms. The molecule has 0 fully saturated rings. The second kappa shape index (κ2) is 5.94. The first-order valence-corrected chi connectivity index (χ1v) is 8.08. The van der Waals surface area contributed by atoms with Crippen molar-refractivity contribution in [2.24, 2.45) is 0 Å². The lowest BCUT2D eigenvalue weighted by molar-refractivity contribution is 0.706. The van der Waals surface area contributed by atoms with Gasteiger partial charge in [0.05, 0.1) is 11.6 Å². The average Bonchev–Trinajstić information content (AvgIpc) is 2.94. The third kappa shape index (κ3) is 2.54. The average molecular weight is 318 g/mol. The van der Waals surface area contributed by atoms with E-state index in [1.165, 1.54) is 11.1 Å². The van der Waals surface area contributed by atoms with Crippen molar-refractivity contribution in [2.75, 3.05) is 0 Å². The van der Waals surface area contributed by atoms with Gasteiger partial charge in [0.25, 0.3) is 0 Å². The van der Waals surface area contributed by atoms with Crippen LogP contribution in [-0.4, -0.2) is 4.57 Å². The van der Waals surface area contributed by atoms with Crippen molar-refractivity contribution in [3.05, 3.63) is 107 Å². The van der Waals surface area contributed by atoms with Gasteiger partial charge in [-0.25, -0.2) is 0 Å². The molecule has 0 aliphatic heterocycles. The minimum Gasteiger partial charge on any atom is -0.320 e. The van der Waals surface area contributed by atoms with Gasteiger partial charge in [-0.3, -0.25) is 0 Å². The molecule has 112 valence electrons. The van der Waals surface area contributed by atoms with Crippen LogP contribution < -0.4 is 0 Å². The number of rotatable bonds is 3. The van der Waals surface area contributed by atoms with Gasteiger partial charge < -0.3 is 4.57 Å². The van der Waals surface area contributed by atoms with E-state index in [0.717, 1.165) is 16.1 Å². The van der Waals surface area contributed by atoms with Gasteiger partial charge in [-0.15, -0.1) is 0 Å². The highest BCUT2D eigenvalue weighted by Crippen LogP contribution is 2.35. The molecule has 0 unspecified atom stereocenters. The normalized spacial score (nSPS) is 11.2. The smallest absolute Gasteiger partial charge is 0.110 e. The van der Waals surface area contributed by atoms with Gasteiger partial charge >= 0.3 is 0 Å². The predicted octanol–water partition coefficient (Wildman–Crippen LogP) is 5.93. The highest BCUT2D eigenvalue weighted by Gasteiger charge is 2.20. The Hall–Kier alpha value is -2.51. The molecule has 4 rings (SSSR count). The number of fused-ring (bicyclic) bond motifs is 1. The van der Waals surface area contributed by atoms with Gasteiger partial charge in [0.2, 0.25) is 0 Å². The van der Waals surface area contributed by atoms with E-state index in [1.807, 2.05) is 24.3 Å². The van der Waals surface area contributed by atoms with E-state index in [4.69, 9.17) is 11.6 Å². The van der Waals surface area contributed by atoms with Crippen LogP contribution >= 0.6 is 11.6 Å². The molecule has 0 aliphatic rings. The molecule has 0 spiro atoms. The maximum absolute atomic E-state index is 6.63. The van der Waals surface area contributed by atoms with Crippen LogP contribution in [0, 0.1) is 0 Å². The molecule has 23 heavy (non-hydrogen) atoms. The van der Waals surface area contributed by atoms with Crippen molar-refractivity contribution >= 4 is 22.5 Å². The van der Waals surface area contributed by atoms with Gasteiger partial charge in [0.15, 0.2) is 0 Å². The Morgan fingerprint density at radius 2 is 1.17 bits per heavy atom. The highest BCUT2D eigenvalue weighted by atomic mass is 35.5. The molecule has 0 saturated heterocycles. The summed E-state index contributed by atoms with van der Waals surface area (Å²) in [6.45, 7) is 0. The molecule has 0 N–H and O–H groups in total. The van der Waals surface area contributed by atoms with E-state index in [9.17, 15) is 0 Å². The fourth-order valence-electron chi connectivity index (χ4n) is 3.17. The SMILES string of the molecule is Clc1cc2ccccc2n1C(c1ccccc1)c1ccccc1. The number of benzene rings is 3. The lowest BCUT2D eigenvalue weighted by Crippen LogP contribution is -2.12. The van der Waals surface area contributed by atoms with E-state index in [2.05, 4.69) is 71.3 Å². The van der Waals surface area contributed by atoms with Crippen LogP contribution in [-0.2, 0) is 0 Å². The molecule has 0 amide bonds. The molecule has 0 saturated carbocycles. The Balaban J connectivity index is 2.00. The lowest BCUT2D eigenvalue weighted by atomic mass is 9.98. The summed E-state index contributed by atoms with van der Waals surface area (Å²) in [5.74, 6) is 0. The van der Waals surface area contributed by atoms with Crippen LogP contribution in [0.25, 0.3) is 10.9 Å². The van der Waals surface area contributed by atoms with Gasteiger partial charge in [0.1, 0.15) is 5.15 Å². The van der Waals surface area contributed by atoms with Crippen molar-refractivity contribution in [3.63, 3.8) is 0 Å². The highest BCUT2D eigenvalue weighted by molar-refractivity contribution is 6.31. The van der Waals surface area contributed by atoms with Crippen LogP contribution in [0.3, 0.4) is 0 Å². The predicted molar refractivity (Wildman–Crippen MR) is 97.1 cm³/mol. The third-order valence-electron chi connectivity index (χ3n) is 4.19. The zero-order valence-corrected chi connectivity index (χ0v) is 13.3. The van der Waals surface area contributed by atoms with E-state index in [1.54, 1.807) is 0 Å². The molecule has 0 aliphatic carbocycles. The lowest BCUT2D eigenvalue weighted by Gasteiger charge is -2.22. The second-order valence-corrected chi connectivity index (χ2v) is 6.01. The minimum absolute atomic E-state index is 0.0600. The summed E-state index contributed by atoms with van der Waals surface area (Å²) >= 11 is 6.63. The van der Waals surface area contributed by atoms with E-state index in [-0.39, 0.29) is 6.04 Å². The molecule has 0 bridgehead atoms. The molecule has 0 radical (unpaired) electrons. The Labute approximate surface area is 140 Å². The second-order valence-electron chi connectivity index (χ2n) is 5.62. The maximum atomic E-state index is 6.63. The van der Waals surface area contributed by atoms with Crippen molar-refractivity contribution in [3.8, 4) is 0 Å². The molecule has 1 aromatic heterocycles.